The molecule has 3 aliphatic rings. The lowest BCUT2D eigenvalue weighted by atomic mass is 9.85. The maximum atomic E-state index is 13.3. The quantitative estimate of drug-likeness (QED) is 0.603. The number of hydrogen-bond donors (Lipinski definition) is 0. The van der Waals surface area contributed by atoms with Crippen molar-refractivity contribution < 1.29 is 14.3 Å². The zero-order valence-electron chi connectivity index (χ0n) is 15.8. The molecule has 1 saturated heterocycles. The molecular weight excluding hydrogens is 350 g/mol. The van der Waals surface area contributed by atoms with Gasteiger partial charge in [0.15, 0.2) is 0 Å². The van der Waals surface area contributed by atoms with E-state index in [2.05, 4.69) is 31.2 Å². The number of amides is 2. The maximum Gasteiger partial charge on any atom is 0.238 e. The molecule has 4 heteroatoms. The third-order valence-corrected chi connectivity index (χ3v) is 6.39. The van der Waals surface area contributed by atoms with Crippen molar-refractivity contribution in [3.05, 3.63) is 77.9 Å². The van der Waals surface area contributed by atoms with Crippen LogP contribution in [0.25, 0.3) is 5.57 Å². The summed E-state index contributed by atoms with van der Waals surface area (Å²) in [5.41, 5.74) is 4.20. The van der Waals surface area contributed by atoms with Crippen molar-refractivity contribution in [3.63, 3.8) is 0 Å². The first-order valence-corrected chi connectivity index (χ1v) is 9.58. The fraction of sp³-hybridized carbons (Fsp3) is 0.250. The summed E-state index contributed by atoms with van der Waals surface area (Å²) in [4.78, 5) is 27.9. The van der Waals surface area contributed by atoms with Crippen molar-refractivity contribution in [2.75, 3.05) is 12.0 Å². The SMILES string of the molecule is COc1ccc(N2C(=O)[C@H]3[C@H](C2=O)[C@H]2C=C[C@H]3C2=C(C)c2ccccc2)cc1. The molecule has 2 aromatic carbocycles. The summed E-state index contributed by atoms with van der Waals surface area (Å²) < 4.78 is 5.18. The Labute approximate surface area is 164 Å². The van der Waals surface area contributed by atoms with Crippen LogP contribution in [0.4, 0.5) is 5.69 Å². The third-order valence-electron chi connectivity index (χ3n) is 6.39. The van der Waals surface area contributed by atoms with E-state index >= 15 is 0 Å². The highest BCUT2D eigenvalue weighted by Gasteiger charge is 2.62. The Morgan fingerprint density at radius 2 is 1.43 bits per heavy atom. The maximum absolute atomic E-state index is 13.3. The van der Waals surface area contributed by atoms with Gasteiger partial charge in [0.2, 0.25) is 11.8 Å². The van der Waals surface area contributed by atoms with E-state index in [1.807, 2.05) is 18.2 Å². The minimum atomic E-state index is -0.293. The molecule has 0 spiro atoms. The fourth-order valence-corrected chi connectivity index (χ4v) is 5.10. The number of nitrogens with zero attached hydrogens (tertiary/aromatic N) is 1. The van der Waals surface area contributed by atoms with Crippen molar-refractivity contribution in [1.29, 1.82) is 0 Å². The van der Waals surface area contributed by atoms with E-state index in [1.165, 1.54) is 16.0 Å². The third kappa shape index (κ3) is 2.24. The van der Waals surface area contributed by atoms with Crippen LogP contribution in [0.15, 0.2) is 72.3 Å². The fourth-order valence-electron chi connectivity index (χ4n) is 5.10. The summed E-state index contributed by atoms with van der Waals surface area (Å²) in [7, 11) is 1.60. The van der Waals surface area contributed by atoms with Crippen LogP contribution in [0.2, 0.25) is 0 Å². The zero-order chi connectivity index (χ0) is 19.4. The number of methoxy groups -OCH3 is 1. The van der Waals surface area contributed by atoms with Crippen molar-refractivity contribution in [2.24, 2.45) is 23.7 Å². The van der Waals surface area contributed by atoms with E-state index in [0.717, 1.165) is 5.56 Å². The number of anilines is 1. The lowest BCUT2D eigenvalue weighted by Crippen LogP contribution is -2.33. The van der Waals surface area contributed by atoms with E-state index in [-0.39, 0.29) is 35.5 Å². The predicted octanol–water partition coefficient (Wildman–Crippen LogP) is 4.09. The van der Waals surface area contributed by atoms with Gasteiger partial charge in [-0.25, -0.2) is 4.90 Å². The molecule has 0 N–H and O–H groups in total. The molecular formula is C24H21NO3. The van der Waals surface area contributed by atoms with Gasteiger partial charge in [-0.3, -0.25) is 9.59 Å². The number of carbonyl (C=O) groups excluding carboxylic acids is 2. The summed E-state index contributed by atoms with van der Waals surface area (Å²) in [6.07, 6.45) is 4.24. The van der Waals surface area contributed by atoms with Crippen molar-refractivity contribution in [3.8, 4) is 5.75 Å². The van der Waals surface area contributed by atoms with E-state index in [1.54, 1.807) is 31.4 Å². The van der Waals surface area contributed by atoms with Gasteiger partial charge in [0.1, 0.15) is 5.75 Å². The number of benzene rings is 2. The second kappa shape index (κ2) is 6.20. The molecule has 4 atom stereocenters. The number of rotatable bonds is 3. The van der Waals surface area contributed by atoms with Crippen LogP contribution in [-0.2, 0) is 9.59 Å². The van der Waals surface area contributed by atoms with Gasteiger partial charge >= 0.3 is 0 Å². The molecule has 2 aliphatic carbocycles. The van der Waals surface area contributed by atoms with Crippen molar-refractivity contribution in [1.82, 2.24) is 0 Å². The molecule has 4 nitrogen and oxygen atoms in total. The largest absolute Gasteiger partial charge is 0.497 e. The van der Waals surface area contributed by atoms with Gasteiger partial charge in [-0.05, 0) is 42.3 Å². The molecule has 0 unspecified atom stereocenters. The number of ether oxygens (including phenoxy) is 1. The summed E-state index contributed by atoms with van der Waals surface area (Å²) >= 11 is 0. The number of hydrogen-bond acceptors (Lipinski definition) is 3. The highest BCUT2D eigenvalue weighted by Crippen LogP contribution is 2.58. The summed E-state index contributed by atoms with van der Waals surface area (Å²) in [5.74, 6) is -0.0411. The van der Waals surface area contributed by atoms with Gasteiger partial charge in [-0.15, -0.1) is 0 Å². The minimum Gasteiger partial charge on any atom is -0.497 e. The van der Waals surface area contributed by atoms with E-state index in [4.69, 9.17) is 4.74 Å². The number of allylic oxidation sites excluding steroid dienone is 4. The molecule has 5 rings (SSSR count). The van der Waals surface area contributed by atoms with Gasteiger partial charge in [-0.2, -0.15) is 0 Å². The molecule has 2 bridgehead atoms. The lowest BCUT2D eigenvalue weighted by Gasteiger charge is -2.20. The van der Waals surface area contributed by atoms with E-state index in [0.29, 0.717) is 11.4 Å². The van der Waals surface area contributed by atoms with Crippen LogP contribution in [0.5, 0.6) is 5.75 Å². The highest BCUT2D eigenvalue weighted by molar-refractivity contribution is 6.23. The first kappa shape index (κ1) is 17.0. The van der Waals surface area contributed by atoms with Gasteiger partial charge < -0.3 is 4.74 Å². The first-order valence-electron chi connectivity index (χ1n) is 9.58. The average Bonchev–Trinajstić information content (AvgIpc) is 3.38. The van der Waals surface area contributed by atoms with Crippen LogP contribution >= 0.6 is 0 Å². The molecule has 0 radical (unpaired) electrons. The second-order valence-corrected chi connectivity index (χ2v) is 7.64. The minimum absolute atomic E-state index is 0.00917. The van der Waals surface area contributed by atoms with Gasteiger partial charge in [0.25, 0.3) is 0 Å². The summed E-state index contributed by atoms with van der Waals surface area (Å²) in [5, 5.41) is 0. The van der Waals surface area contributed by atoms with Crippen LogP contribution in [0, 0.1) is 23.7 Å². The normalized spacial score (nSPS) is 27.5. The van der Waals surface area contributed by atoms with Gasteiger partial charge in [0, 0.05) is 11.8 Å². The second-order valence-electron chi connectivity index (χ2n) is 7.64. The molecule has 1 heterocycles. The zero-order valence-corrected chi connectivity index (χ0v) is 15.8. The summed E-state index contributed by atoms with van der Waals surface area (Å²) in [6, 6.07) is 17.3. The van der Waals surface area contributed by atoms with Crippen LogP contribution in [-0.4, -0.2) is 18.9 Å². The molecule has 0 aromatic heterocycles. The molecule has 2 aromatic rings. The lowest BCUT2D eigenvalue weighted by molar-refractivity contribution is -0.122. The Morgan fingerprint density at radius 1 is 0.857 bits per heavy atom. The number of carbonyl (C=O) groups is 2. The average molecular weight is 371 g/mol. The van der Waals surface area contributed by atoms with Crippen LogP contribution in [0.3, 0.4) is 0 Å². The topological polar surface area (TPSA) is 46.6 Å². The molecule has 2 amide bonds. The standard InChI is InChI=1S/C24H21NO3/c1-14(15-6-4-3-5-7-15)20-18-12-13-19(20)22-21(18)23(26)25(24(22)27)16-8-10-17(28-2)11-9-16/h3-13,18-19,21-22H,1-2H3/t18-,19-,21+,22+/m0/s1. The molecule has 1 aliphatic heterocycles. The first-order chi connectivity index (χ1) is 13.6. The smallest absolute Gasteiger partial charge is 0.238 e. The van der Waals surface area contributed by atoms with E-state index < -0.39 is 0 Å². The van der Waals surface area contributed by atoms with Crippen molar-refractivity contribution >= 4 is 23.1 Å². The monoisotopic (exact) mass is 371 g/mol. The molecule has 140 valence electrons. The number of imide groups is 1. The van der Waals surface area contributed by atoms with Gasteiger partial charge in [-0.1, -0.05) is 48.1 Å². The van der Waals surface area contributed by atoms with Crippen molar-refractivity contribution in [2.45, 2.75) is 6.92 Å². The van der Waals surface area contributed by atoms with E-state index in [9.17, 15) is 9.59 Å². The number of fused-ring (bicyclic) bond motifs is 5. The Morgan fingerprint density at radius 3 is 1.96 bits per heavy atom. The van der Waals surface area contributed by atoms with Gasteiger partial charge in [0.05, 0.1) is 24.6 Å². The Hall–Kier alpha value is -3.14. The van der Waals surface area contributed by atoms with Crippen LogP contribution in [0.1, 0.15) is 12.5 Å². The highest BCUT2D eigenvalue weighted by atomic mass is 16.5. The Kier molecular flexibility index (Phi) is 3.76. The molecule has 28 heavy (non-hydrogen) atoms. The van der Waals surface area contributed by atoms with Crippen LogP contribution < -0.4 is 9.64 Å². The molecule has 1 saturated carbocycles. The summed E-state index contributed by atoms with van der Waals surface area (Å²) in [6.45, 7) is 2.11. The Balaban J connectivity index is 1.52. The molecule has 2 fully saturated rings. The Bertz CT molecular complexity index is 986. The predicted molar refractivity (Wildman–Crippen MR) is 108 cm³/mol.